The largest absolute Gasteiger partial charge is 0.394 e. The van der Waals surface area contributed by atoms with Gasteiger partial charge in [0.2, 0.25) is 11.8 Å². The zero-order valence-electron chi connectivity index (χ0n) is 34.2. The third-order valence-corrected chi connectivity index (χ3v) is 10.8. The van der Waals surface area contributed by atoms with Gasteiger partial charge in [0.15, 0.2) is 6.23 Å². The number of unbranched alkanes of at least 4 members (excludes halogenated alkanes) is 26. The van der Waals surface area contributed by atoms with Crippen molar-refractivity contribution in [3.63, 3.8) is 0 Å². The number of rotatable bonds is 35. The van der Waals surface area contributed by atoms with Gasteiger partial charge in [-0.15, -0.1) is 0 Å². The molecule has 8 heteroatoms. The molecule has 1 fully saturated rings. The Balaban J connectivity index is 2.46. The first-order valence-electron chi connectivity index (χ1n) is 22.2. The number of hydrogen-bond acceptors (Lipinski definition) is 6. The van der Waals surface area contributed by atoms with E-state index in [0.717, 1.165) is 51.4 Å². The van der Waals surface area contributed by atoms with Crippen molar-refractivity contribution in [2.45, 2.75) is 244 Å². The molecular weight excluding hydrogens is 652 g/mol. The van der Waals surface area contributed by atoms with E-state index in [9.17, 15) is 24.9 Å². The molecule has 8 nitrogen and oxygen atoms in total. The zero-order valence-corrected chi connectivity index (χ0v) is 34.2. The van der Waals surface area contributed by atoms with Gasteiger partial charge < -0.3 is 30.3 Å². The molecule has 0 aliphatic carbocycles. The highest BCUT2D eigenvalue weighted by molar-refractivity contribution is 5.77. The maximum absolute atomic E-state index is 13.7. The van der Waals surface area contributed by atoms with E-state index < -0.39 is 37.2 Å². The minimum absolute atomic E-state index is 0.0702. The average molecular weight is 737 g/mol. The van der Waals surface area contributed by atoms with Crippen molar-refractivity contribution in [3.05, 3.63) is 12.2 Å². The Bertz CT molecular complexity index is 870. The molecule has 1 unspecified atom stereocenters. The molecule has 0 bridgehead atoms. The molecule has 2 amide bonds. The van der Waals surface area contributed by atoms with Gasteiger partial charge >= 0.3 is 0 Å². The molecule has 0 aromatic rings. The highest BCUT2D eigenvalue weighted by Crippen LogP contribution is 2.26. The molecule has 1 rings (SSSR count). The lowest BCUT2D eigenvalue weighted by Crippen LogP contribution is -2.68. The molecule has 5 atom stereocenters. The lowest BCUT2D eigenvalue weighted by atomic mass is 9.94. The van der Waals surface area contributed by atoms with Crippen molar-refractivity contribution in [3.8, 4) is 0 Å². The molecule has 4 N–H and O–H groups in total. The standard InChI is InChI=1S/C44H84N2O6/c1-4-6-8-10-12-14-16-18-20-22-24-26-28-30-32-34-36-46(44-41(45-38(3)48)43(51)42(50)39(37-47)52-44)40(49)35-33-31-29-27-25-23-21-19-17-15-13-11-9-7-5-2/h19,21,39,41-44,47,50-51H,4-18,20,22-37H2,1-3H3,(H,45,48)/b21-19-/t39-,41-,42-,43-,44?/m1/s1. The number of nitrogens with zero attached hydrogens (tertiary/aromatic N) is 1. The van der Waals surface area contributed by atoms with Crippen LogP contribution in [0.3, 0.4) is 0 Å². The maximum Gasteiger partial charge on any atom is 0.224 e. The molecular formula is C44H84N2O6. The van der Waals surface area contributed by atoms with E-state index >= 15 is 0 Å². The Labute approximate surface area is 320 Å². The van der Waals surface area contributed by atoms with Crippen LogP contribution >= 0.6 is 0 Å². The Hall–Kier alpha value is -1.48. The molecule has 0 saturated carbocycles. The zero-order chi connectivity index (χ0) is 38.1. The second-order valence-electron chi connectivity index (χ2n) is 15.7. The maximum atomic E-state index is 13.7. The Morgan fingerprint density at radius 3 is 1.42 bits per heavy atom. The molecule has 306 valence electrons. The lowest BCUT2D eigenvalue weighted by molar-refractivity contribution is -0.231. The van der Waals surface area contributed by atoms with Gasteiger partial charge in [0.05, 0.1) is 6.61 Å². The summed E-state index contributed by atoms with van der Waals surface area (Å²) in [4.78, 5) is 27.4. The Morgan fingerprint density at radius 2 is 1.00 bits per heavy atom. The van der Waals surface area contributed by atoms with Crippen LogP contribution in [0.5, 0.6) is 0 Å². The van der Waals surface area contributed by atoms with Crippen LogP contribution in [0.2, 0.25) is 0 Å². The number of allylic oxidation sites excluding steroid dienone is 2. The predicted octanol–water partition coefficient (Wildman–Crippen LogP) is 10.1. The molecule has 0 radical (unpaired) electrons. The van der Waals surface area contributed by atoms with Crippen LogP contribution < -0.4 is 5.32 Å². The number of aliphatic hydroxyl groups is 3. The van der Waals surface area contributed by atoms with Crippen LogP contribution in [-0.2, 0) is 14.3 Å². The van der Waals surface area contributed by atoms with Gasteiger partial charge in [-0.3, -0.25) is 9.59 Å². The molecule has 1 aliphatic heterocycles. The lowest BCUT2D eigenvalue weighted by Gasteiger charge is -2.46. The van der Waals surface area contributed by atoms with Gasteiger partial charge in [-0.1, -0.05) is 174 Å². The van der Waals surface area contributed by atoms with E-state index in [1.807, 2.05) is 0 Å². The predicted molar refractivity (Wildman–Crippen MR) is 216 cm³/mol. The van der Waals surface area contributed by atoms with Gasteiger partial charge in [-0.25, -0.2) is 0 Å². The quantitative estimate of drug-likeness (QED) is 0.0380. The molecule has 1 aliphatic rings. The van der Waals surface area contributed by atoms with Gasteiger partial charge in [0, 0.05) is 19.9 Å². The molecule has 52 heavy (non-hydrogen) atoms. The van der Waals surface area contributed by atoms with Crippen LogP contribution in [0.4, 0.5) is 0 Å². The van der Waals surface area contributed by atoms with Gasteiger partial charge in [0.1, 0.15) is 24.4 Å². The fourth-order valence-electron chi connectivity index (χ4n) is 7.47. The van der Waals surface area contributed by atoms with Crippen molar-refractivity contribution in [2.75, 3.05) is 13.2 Å². The topological polar surface area (TPSA) is 119 Å². The highest BCUT2D eigenvalue weighted by atomic mass is 16.5. The van der Waals surface area contributed by atoms with E-state index in [1.165, 1.54) is 142 Å². The number of ether oxygens (including phenoxy) is 1. The smallest absolute Gasteiger partial charge is 0.224 e. The van der Waals surface area contributed by atoms with Gasteiger partial charge in [-0.05, 0) is 38.5 Å². The van der Waals surface area contributed by atoms with Crippen molar-refractivity contribution < 1.29 is 29.6 Å². The second-order valence-corrected chi connectivity index (χ2v) is 15.7. The molecule has 1 saturated heterocycles. The molecule has 0 spiro atoms. The third-order valence-electron chi connectivity index (χ3n) is 10.8. The van der Waals surface area contributed by atoms with Crippen molar-refractivity contribution >= 4 is 11.8 Å². The SMILES string of the molecule is CCCCCCCC/C=C\CCCCCCCC(=O)N(CCCCCCCCCCCCCCCCCC)C1O[C@H](CO)[C@@H](O)[C@H](O)[C@H]1NC(C)=O. The van der Waals surface area contributed by atoms with Crippen LogP contribution in [0.25, 0.3) is 0 Å². The summed E-state index contributed by atoms with van der Waals surface area (Å²) >= 11 is 0. The van der Waals surface area contributed by atoms with Crippen LogP contribution in [-0.4, -0.2) is 75.8 Å². The van der Waals surface area contributed by atoms with E-state index in [2.05, 4.69) is 31.3 Å². The van der Waals surface area contributed by atoms with E-state index in [0.29, 0.717) is 13.0 Å². The van der Waals surface area contributed by atoms with Crippen molar-refractivity contribution in [1.29, 1.82) is 0 Å². The number of nitrogens with one attached hydrogen (secondary N) is 1. The summed E-state index contributed by atoms with van der Waals surface area (Å²) in [5, 5.41) is 34.0. The third kappa shape index (κ3) is 24.0. The molecule has 0 aromatic heterocycles. The molecule has 0 aromatic carbocycles. The normalized spacial score (nSPS) is 20.5. The van der Waals surface area contributed by atoms with Crippen molar-refractivity contribution in [2.24, 2.45) is 0 Å². The summed E-state index contributed by atoms with van der Waals surface area (Å²) in [5.74, 6) is -0.446. The Morgan fingerprint density at radius 1 is 0.596 bits per heavy atom. The summed E-state index contributed by atoms with van der Waals surface area (Å²) in [5.41, 5.74) is 0. The minimum atomic E-state index is -1.36. The highest BCUT2D eigenvalue weighted by Gasteiger charge is 2.47. The summed E-state index contributed by atoms with van der Waals surface area (Å²) < 4.78 is 6.05. The summed E-state index contributed by atoms with van der Waals surface area (Å²) in [6, 6.07) is -0.977. The summed E-state index contributed by atoms with van der Waals surface area (Å²) in [6.07, 6.45) is 36.1. The number of amides is 2. The number of hydrogen-bond donors (Lipinski definition) is 4. The number of aliphatic hydroxyl groups excluding tert-OH is 3. The van der Waals surface area contributed by atoms with Gasteiger partial charge in [0.25, 0.3) is 0 Å². The fourth-order valence-corrected chi connectivity index (χ4v) is 7.47. The van der Waals surface area contributed by atoms with Gasteiger partial charge in [-0.2, -0.15) is 0 Å². The van der Waals surface area contributed by atoms with Crippen LogP contribution in [0.1, 0.15) is 213 Å². The minimum Gasteiger partial charge on any atom is -0.394 e. The van der Waals surface area contributed by atoms with E-state index in [4.69, 9.17) is 4.74 Å². The van der Waals surface area contributed by atoms with Crippen molar-refractivity contribution in [1.82, 2.24) is 10.2 Å². The Kier molecular flexibility index (Phi) is 31.8. The van der Waals surface area contributed by atoms with Crippen LogP contribution in [0.15, 0.2) is 12.2 Å². The molecule has 1 heterocycles. The first kappa shape index (κ1) is 48.5. The van der Waals surface area contributed by atoms with Crippen LogP contribution in [0, 0.1) is 0 Å². The summed E-state index contributed by atoms with van der Waals surface area (Å²) in [7, 11) is 0. The number of carbonyl (C=O) groups is 2. The fraction of sp³-hybridized carbons (Fsp3) is 0.909. The van der Waals surface area contributed by atoms with E-state index in [1.54, 1.807) is 4.90 Å². The number of carbonyl (C=O) groups excluding carboxylic acids is 2. The van der Waals surface area contributed by atoms with E-state index in [-0.39, 0.29) is 11.8 Å². The first-order chi connectivity index (χ1) is 25.4. The second kappa shape index (κ2) is 34.0. The monoisotopic (exact) mass is 737 g/mol. The first-order valence-corrected chi connectivity index (χ1v) is 22.2. The average Bonchev–Trinajstić information content (AvgIpc) is 3.13. The summed E-state index contributed by atoms with van der Waals surface area (Å²) in [6.45, 7) is 5.83.